The second-order valence-electron chi connectivity index (χ2n) is 4.34. The molecule has 13 heavy (non-hydrogen) atoms. The van der Waals surface area contributed by atoms with Crippen molar-refractivity contribution in [2.45, 2.75) is 46.3 Å². The summed E-state index contributed by atoms with van der Waals surface area (Å²) in [5.74, 6) is 0. The molecule has 0 aliphatic heterocycles. The Hall–Kier alpha value is -0.150. The lowest BCUT2D eigenvalue weighted by molar-refractivity contribution is 0.471. The molecular weight excluding hydrogens is 184 g/mol. The molecular formula is C10H19O2S-. The molecule has 0 saturated heterocycles. The second-order valence-corrected chi connectivity index (χ2v) is 5.66. The van der Waals surface area contributed by atoms with E-state index in [2.05, 4.69) is 20.8 Å². The molecule has 0 saturated carbocycles. The first-order chi connectivity index (χ1) is 5.79. The Morgan fingerprint density at radius 2 is 2.00 bits per heavy atom. The first-order valence-corrected chi connectivity index (χ1v) is 5.66. The highest BCUT2D eigenvalue weighted by Crippen LogP contribution is 2.29. The topological polar surface area (TPSA) is 40.1 Å². The fraction of sp³-hybridized carbons (Fsp3) is 0.800. The lowest BCUT2D eigenvalue weighted by atomic mass is 9.84. The highest BCUT2D eigenvalue weighted by Gasteiger charge is 2.18. The Labute approximate surface area is 83.7 Å². The molecule has 0 bridgehead atoms. The van der Waals surface area contributed by atoms with Gasteiger partial charge in [0.05, 0.1) is 0 Å². The minimum absolute atomic E-state index is 0.0718. The zero-order valence-corrected chi connectivity index (χ0v) is 9.90. The zero-order valence-electron chi connectivity index (χ0n) is 9.09. The minimum Gasteiger partial charge on any atom is -0.772 e. The Bertz CT molecular complexity index is 213. The summed E-state index contributed by atoms with van der Waals surface area (Å²) in [7, 11) is 0. The van der Waals surface area contributed by atoms with Crippen LogP contribution in [0.4, 0.5) is 0 Å². The van der Waals surface area contributed by atoms with Crippen LogP contribution in [0.2, 0.25) is 0 Å². The Balaban J connectivity index is 4.42. The summed E-state index contributed by atoms with van der Waals surface area (Å²) in [5, 5.41) is -0.287. The fourth-order valence-electron chi connectivity index (χ4n) is 1.23. The van der Waals surface area contributed by atoms with E-state index in [1.54, 1.807) is 6.92 Å². The smallest absolute Gasteiger partial charge is 0.0224 e. The summed E-state index contributed by atoms with van der Waals surface area (Å²) >= 11 is -1.96. The van der Waals surface area contributed by atoms with Crippen LogP contribution in [0.5, 0.6) is 0 Å². The van der Waals surface area contributed by atoms with Gasteiger partial charge in [-0.3, -0.25) is 4.21 Å². The zero-order chi connectivity index (χ0) is 10.6. The van der Waals surface area contributed by atoms with Crippen LogP contribution in [0, 0.1) is 5.41 Å². The van der Waals surface area contributed by atoms with Gasteiger partial charge in [0.15, 0.2) is 0 Å². The molecule has 78 valence electrons. The van der Waals surface area contributed by atoms with Crippen LogP contribution in [0.15, 0.2) is 11.6 Å². The maximum absolute atomic E-state index is 10.7. The van der Waals surface area contributed by atoms with Crippen LogP contribution >= 0.6 is 0 Å². The van der Waals surface area contributed by atoms with Gasteiger partial charge in [-0.25, -0.2) is 0 Å². The summed E-state index contributed by atoms with van der Waals surface area (Å²) in [6.07, 6.45) is 2.65. The number of hydrogen-bond acceptors (Lipinski definition) is 2. The van der Waals surface area contributed by atoms with Crippen molar-refractivity contribution < 1.29 is 8.76 Å². The highest BCUT2D eigenvalue weighted by molar-refractivity contribution is 7.79. The van der Waals surface area contributed by atoms with Gasteiger partial charge in [0.25, 0.3) is 0 Å². The van der Waals surface area contributed by atoms with Crippen molar-refractivity contribution in [2.24, 2.45) is 5.41 Å². The number of rotatable bonds is 3. The third kappa shape index (κ3) is 4.58. The molecule has 0 aliphatic rings. The van der Waals surface area contributed by atoms with Gasteiger partial charge in [0, 0.05) is 5.25 Å². The minimum atomic E-state index is -1.96. The van der Waals surface area contributed by atoms with Gasteiger partial charge in [-0.1, -0.05) is 50.4 Å². The highest BCUT2D eigenvalue weighted by atomic mass is 32.2. The van der Waals surface area contributed by atoms with E-state index in [1.807, 2.05) is 13.0 Å². The quantitative estimate of drug-likeness (QED) is 0.522. The SMILES string of the molecule is CC=C(CC(C)S(=O)[O-])C(C)(C)C. The van der Waals surface area contributed by atoms with E-state index in [1.165, 1.54) is 5.57 Å². The van der Waals surface area contributed by atoms with Crippen molar-refractivity contribution in [3.05, 3.63) is 11.6 Å². The molecule has 3 heteroatoms. The van der Waals surface area contributed by atoms with Crippen LogP contribution in [-0.2, 0) is 11.1 Å². The number of allylic oxidation sites excluding steroid dienone is 2. The second kappa shape index (κ2) is 4.91. The van der Waals surface area contributed by atoms with Crippen LogP contribution in [0.25, 0.3) is 0 Å². The normalized spacial score (nSPS) is 18.5. The Kier molecular flexibility index (Phi) is 4.86. The van der Waals surface area contributed by atoms with Gasteiger partial charge >= 0.3 is 0 Å². The van der Waals surface area contributed by atoms with Gasteiger partial charge < -0.3 is 4.55 Å². The lowest BCUT2D eigenvalue weighted by Crippen LogP contribution is -2.17. The average Bonchev–Trinajstić information content (AvgIpc) is 1.96. The van der Waals surface area contributed by atoms with Crippen molar-refractivity contribution in [1.82, 2.24) is 0 Å². The van der Waals surface area contributed by atoms with Gasteiger partial charge in [-0.2, -0.15) is 0 Å². The first-order valence-electron chi connectivity index (χ1n) is 4.52. The summed E-state index contributed by atoms with van der Waals surface area (Å²) in [4.78, 5) is 0. The third-order valence-electron chi connectivity index (χ3n) is 2.15. The first kappa shape index (κ1) is 12.8. The van der Waals surface area contributed by atoms with Crippen molar-refractivity contribution in [1.29, 1.82) is 0 Å². The van der Waals surface area contributed by atoms with Crippen LogP contribution < -0.4 is 0 Å². The molecule has 0 heterocycles. The molecule has 0 N–H and O–H groups in total. The molecule has 2 unspecified atom stereocenters. The van der Waals surface area contributed by atoms with Gasteiger partial charge in [-0.05, 0) is 18.8 Å². The van der Waals surface area contributed by atoms with Gasteiger partial charge in [0.2, 0.25) is 0 Å². The molecule has 0 fully saturated rings. The molecule has 0 aromatic heterocycles. The van der Waals surface area contributed by atoms with Gasteiger partial charge in [-0.15, -0.1) is 0 Å². The van der Waals surface area contributed by atoms with E-state index in [0.29, 0.717) is 6.42 Å². The van der Waals surface area contributed by atoms with E-state index >= 15 is 0 Å². The maximum Gasteiger partial charge on any atom is 0.0224 e. The molecule has 0 aromatic rings. The van der Waals surface area contributed by atoms with E-state index in [4.69, 9.17) is 0 Å². The van der Waals surface area contributed by atoms with Crippen molar-refractivity contribution >= 4 is 11.1 Å². The van der Waals surface area contributed by atoms with E-state index in [0.717, 1.165) is 0 Å². The van der Waals surface area contributed by atoms with E-state index in [9.17, 15) is 8.76 Å². The molecule has 2 atom stereocenters. The van der Waals surface area contributed by atoms with Crippen LogP contribution in [-0.4, -0.2) is 14.0 Å². The van der Waals surface area contributed by atoms with Crippen LogP contribution in [0.3, 0.4) is 0 Å². The predicted octanol–water partition coefficient (Wildman–Crippen LogP) is 2.64. The van der Waals surface area contributed by atoms with Crippen molar-refractivity contribution in [3.63, 3.8) is 0 Å². The van der Waals surface area contributed by atoms with Crippen molar-refractivity contribution in [3.8, 4) is 0 Å². The summed E-state index contributed by atoms with van der Waals surface area (Å²) in [6.45, 7) is 9.99. The maximum atomic E-state index is 10.7. The van der Waals surface area contributed by atoms with Crippen molar-refractivity contribution in [2.75, 3.05) is 0 Å². The summed E-state index contributed by atoms with van der Waals surface area (Å²) < 4.78 is 21.3. The Morgan fingerprint density at radius 1 is 1.54 bits per heavy atom. The van der Waals surface area contributed by atoms with Crippen LogP contribution in [0.1, 0.15) is 41.0 Å². The largest absolute Gasteiger partial charge is 0.772 e. The Morgan fingerprint density at radius 3 is 2.23 bits per heavy atom. The predicted molar refractivity (Wildman–Crippen MR) is 56.2 cm³/mol. The monoisotopic (exact) mass is 203 g/mol. The van der Waals surface area contributed by atoms with E-state index in [-0.39, 0.29) is 10.7 Å². The lowest BCUT2D eigenvalue weighted by Gasteiger charge is -2.26. The molecule has 0 amide bonds. The molecule has 0 aliphatic carbocycles. The molecule has 2 nitrogen and oxygen atoms in total. The summed E-state index contributed by atoms with van der Waals surface area (Å²) in [6, 6.07) is 0. The molecule has 0 rings (SSSR count). The van der Waals surface area contributed by atoms with Gasteiger partial charge in [0.1, 0.15) is 0 Å². The van der Waals surface area contributed by atoms with E-state index < -0.39 is 11.1 Å². The number of hydrogen-bond donors (Lipinski definition) is 0. The molecule has 0 spiro atoms. The average molecular weight is 203 g/mol. The summed E-state index contributed by atoms with van der Waals surface area (Å²) in [5.41, 5.74) is 1.27. The fourth-order valence-corrected chi connectivity index (χ4v) is 1.55. The molecule has 0 aromatic carbocycles. The molecule has 0 radical (unpaired) electrons. The third-order valence-corrected chi connectivity index (χ3v) is 2.97. The standard InChI is InChI=1S/C10H20O2S/c1-6-9(10(3,4)5)7-8(2)13(11)12/h6,8H,7H2,1-5H3,(H,11,12)/p-1.